The van der Waals surface area contributed by atoms with Crippen molar-refractivity contribution < 1.29 is 4.74 Å². The molecule has 1 heterocycles. The third-order valence-electron chi connectivity index (χ3n) is 2.32. The highest BCUT2D eigenvalue weighted by Crippen LogP contribution is 2.29. The maximum atomic E-state index is 5.90. The van der Waals surface area contributed by atoms with Crippen molar-refractivity contribution in [1.82, 2.24) is 9.97 Å². The highest BCUT2D eigenvalue weighted by molar-refractivity contribution is 14.1. The van der Waals surface area contributed by atoms with Crippen LogP contribution in [0.5, 0.6) is 0 Å². The predicted octanol–water partition coefficient (Wildman–Crippen LogP) is 2.67. The lowest BCUT2D eigenvalue weighted by Crippen LogP contribution is -2.20. The van der Waals surface area contributed by atoms with Crippen LogP contribution in [-0.2, 0) is 10.2 Å². The molecule has 0 fully saturated rings. The van der Waals surface area contributed by atoms with Gasteiger partial charge in [0.2, 0.25) is 0 Å². The fourth-order valence-electron chi connectivity index (χ4n) is 1.27. The molecule has 0 spiro atoms. The molecule has 1 rings (SSSR count). The van der Waals surface area contributed by atoms with Gasteiger partial charge in [-0.3, -0.25) is 0 Å². The predicted molar refractivity (Wildman–Crippen MR) is 73.3 cm³/mol. The van der Waals surface area contributed by atoms with Crippen LogP contribution in [0.1, 0.15) is 45.3 Å². The molecule has 0 amide bonds. The molecule has 0 saturated heterocycles. The normalized spacial score (nSPS) is 13.9. The van der Waals surface area contributed by atoms with E-state index in [0.717, 1.165) is 9.26 Å². The first-order chi connectivity index (χ1) is 7.27. The van der Waals surface area contributed by atoms with Crippen molar-refractivity contribution in [1.29, 1.82) is 0 Å². The van der Waals surface area contributed by atoms with E-state index >= 15 is 0 Å². The molecule has 4 nitrogen and oxygen atoms in total. The van der Waals surface area contributed by atoms with Gasteiger partial charge in [0.05, 0.1) is 9.26 Å². The molecular formula is C11H18IN3O. The number of aromatic nitrogens is 2. The molecule has 0 aliphatic carbocycles. The molecule has 0 saturated carbocycles. The molecule has 90 valence electrons. The summed E-state index contributed by atoms with van der Waals surface area (Å²) in [7, 11) is 1.64. The van der Waals surface area contributed by atoms with Crippen molar-refractivity contribution in [2.75, 3.05) is 12.8 Å². The second kappa shape index (κ2) is 4.83. The van der Waals surface area contributed by atoms with Crippen LogP contribution in [0.25, 0.3) is 0 Å². The lowest BCUT2D eigenvalue weighted by atomic mass is 9.92. The van der Waals surface area contributed by atoms with Crippen molar-refractivity contribution >= 4 is 28.4 Å². The Morgan fingerprint density at radius 2 is 1.88 bits per heavy atom. The van der Waals surface area contributed by atoms with E-state index in [0.29, 0.717) is 11.6 Å². The van der Waals surface area contributed by atoms with Gasteiger partial charge in [0.15, 0.2) is 5.82 Å². The maximum Gasteiger partial charge on any atom is 0.159 e. The summed E-state index contributed by atoms with van der Waals surface area (Å²) >= 11 is 2.19. The fraction of sp³-hybridized carbons (Fsp3) is 0.636. The molecule has 0 aliphatic heterocycles. The summed E-state index contributed by atoms with van der Waals surface area (Å²) in [6.07, 6.45) is -0.139. The molecule has 5 heteroatoms. The monoisotopic (exact) mass is 335 g/mol. The molecule has 0 aliphatic rings. The summed E-state index contributed by atoms with van der Waals surface area (Å²) in [4.78, 5) is 8.80. The number of anilines is 1. The van der Waals surface area contributed by atoms with Gasteiger partial charge in [-0.15, -0.1) is 0 Å². The van der Waals surface area contributed by atoms with Crippen LogP contribution >= 0.6 is 22.6 Å². The summed E-state index contributed by atoms with van der Waals surface area (Å²) < 4.78 is 6.14. The van der Waals surface area contributed by atoms with Crippen LogP contribution in [0.4, 0.5) is 5.82 Å². The maximum absolute atomic E-state index is 5.90. The van der Waals surface area contributed by atoms with Gasteiger partial charge in [-0.2, -0.15) is 0 Å². The molecule has 1 atom stereocenters. The summed E-state index contributed by atoms with van der Waals surface area (Å²) in [5.74, 6) is 1.17. The Labute approximate surface area is 110 Å². The van der Waals surface area contributed by atoms with E-state index in [2.05, 4.69) is 53.3 Å². The molecule has 1 aromatic heterocycles. The summed E-state index contributed by atoms with van der Waals surface area (Å²) in [6.45, 7) is 8.24. The molecule has 2 N–H and O–H groups in total. The zero-order valence-corrected chi connectivity index (χ0v) is 12.5. The summed E-state index contributed by atoms with van der Waals surface area (Å²) in [5.41, 5.74) is 6.82. The largest absolute Gasteiger partial charge is 0.383 e. The number of hydrogen-bond donors (Lipinski definition) is 1. The second-order valence-corrected chi connectivity index (χ2v) is 5.84. The summed E-state index contributed by atoms with van der Waals surface area (Å²) in [6, 6.07) is 0. The van der Waals surface area contributed by atoms with Gasteiger partial charge in [0, 0.05) is 12.5 Å². The molecule has 0 aromatic carbocycles. The molecular weight excluding hydrogens is 317 g/mol. The number of ether oxygens (including phenoxy) is 1. The van der Waals surface area contributed by atoms with Gasteiger partial charge >= 0.3 is 0 Å². The minimum Gasteiger partial charge on any atom is -0.383 e. The molecule has 0 bridgehead atoms. The Morgan fingerprint density at radius 3 is 2.31 bits per heavy atom. The first-order valence-electron chi connectivity index (χ1n) is 5.13. The topological polar surface area (TPSA) is 61.0 Å². The van der Waals surface area contributed by atoms with Crippen molar-refractivity contribution in [2.24, 2.45) is 0 Å². The third kappa shape index (κ3) is 2.82. The quantitative estimate of drug-likeness (QED) is 0.844. The zero-order valence-electron chi connectivity index (χ0n) is 10.3. The minimum absolute atomic E-state index is 0.0458. The van der Waals surface area contributed by atoms with Crippen molar-refractivity contribution in [3.8, 4) is 0 Å². The summed E-state index contributed by atoms with van der Waals surface area (Å²) in [5, 5.41) is 0. The number of nitrogen functional groups attached to an aromatic ring is 1. The third-order valence-corrected chi connectivity index (χ3v) is 3.39. The second-order valence-electron chi connectivity index (χ2n) is 4.76. The smallest absolute Gasteiger partial charge is 0.159 e. The van der Waals surface area contributed by atoms with Crippen LogP contribution < -0.4 is 5.73 Å². The Morgan fingerprint density at radius 1 is 1.31 bits per heavy atom. The van der Waals surface area contributed by atoms with E-state index in [-0.39, 0.29) is 11.5 Å². The first-order valence-corrected chi connectivity index (χ1v) is 6.21. The number of rotatable bonds is 2. The number of nitrogens with zero attached hydrogens (tertiary/aromatic N) is 2. The van der Waals surface area contributed by atoms with Crippen LogP contribution in [0.15, 0.2) is 0 Å². The van der Waals surface area contributed by atoms with E-state index in [1.54, 1.807) is 7.11 Å². The molecule has 1 unspecified atom stereocenters. The van der Waals surface area contributed by atoms with Gasteiger partial charge in [0.1, 0.15) is 11.9 Å². The average molecular weight is 335 g/mol. The van der Waals surface area contributed by atoms with Crippen LogP contribution in [-0.4, -0.2) is 17.1 Å². The van der Waals surface area contributed by atoms with Gasteiger partial charge < -0.3 is 10.5 Å². The van der Waals surface area contributed by atoms with E-state index in [1.807, 2.05) is 6.92 Å². The number of halogens is 1. The van der Waals surface area contributed by atoms with E-state index in [9.17, 15) is 0 Å². The Balaban J connectivity index is 3.33. The van der Waals surface area contributed by atoms with Crippen LogP contribution in [0.2, 0.25) is 0 Å². The van der Waals surface area contributed by atoms with Crippen LogP contribution in [0, 0.1) is 3.57 Å². The first kappa shape index (κ1) is 13.6. The van der Waals surface area contributed by atoms with Gasteiger partial charge in [-0.1, -0.05) is 20.8 Å². The van der Waals surface area contributed by atoms with Crippen molar-refractivity contribution in [3.63, 3.8) is 0 Å². The van der Waals surface area contributed by atoms with Crippen molar-refractivity contribution in [3.05, 3.63) is 15.1 Å². The number of methoxy groups -OCH3 is 1. The Hall–Kier alpha value is -0.430. The van der Waals surface area contributed by atoms with E-state index < -0.39 is 0 Å². The lowest BCUT2D eigenvalue weighted by Gasteiger charge is -2.22. The fourth-order valence-corrected chi connectivity index (χ4v) is 2.32. The van der Waals surface area contributed by atoms with Gasteiger partial charge in [-0.25, -0.2) is 9.97 Å². The van der Waals surface area contributed by atoms with E-state index in [1.165, 1.54) is 0 Å². The van der Waals surface area contributed by atoms with Gasteiger partial charge in [0.25, 0.3) is 0 Å². The SMILES string of the molecule is COC(C)c1nc(N)c(I)c(C(C)(C)C)n1. The number of hydrogen-bond acceptors (Lipinski definition) is 4. The lowest BCUT2D eigenvalue weighted by molar-refractivity contribution is 0.111. The number of nitrogens with two attached hydrogens (primary N) is 1. The highest BCUT2D eigenvalue weighted by Gasteiger charge is 2.23. The Bertz CT molecular complexity index is 388. The highest BCUT2D eigenvalue weighted by atomic mass is 127. The average Bonchev–Trinajstić information content (AvgIpc) is 2.18. The molecule has 1 aromatic rings. The van der Waals surface area contributed by atoms with E-state index in [4.69, 9.17) is 10.5 Å². The van der Waals surface area contributed by atoms with Crippen LogP contribution in [0.3, 0.4) is 0 Å². The van der Waals surface area contributed by atoms with Crippen molar-refractivity contribution in [2.45, 2.75) is 39.2 Å². The molecule has 0 radical (unpaired) electrons. The standard InChI is InChI=1S/C11H18IN3O/c1-6(16-5)10-14-8(11(2,3)4)7(12)9(13)15-10/h6H,1-5H3,(H2,13,14,15). The molecule has 16 heavy (non-hydrogen) atoms. The van der Waals surface area contributed by atoms with Gasteiger partial charge in [-0.05, 0) is 29.5 Å². The minimum atomic E-state index is -0.139. The zero-order chi connectivity index (χ0) is 12.5. The Kier molecular flexibility index (Phi) is 4.12.